The van der Waals surface area contributed by atoms with Crippen LogP contribution >= 0.6 is 24.0 Å². The monoisotopic (exact) mass is 563 g/mol. The predicted molar refractivity (Wildman–Crippen MR) is 159 cm³/mol. The lowest BCUT2D eigenvalue weighted by Gasteiger charge is -2.38. The Morgan fingerprint density at radius 1 is 1.18 bits per heavy atom. The van der Waals surface area contributed by atoms with Crippen molar-refractivity contribution >= 4 is 46.1 Å². The zero-order valence-corrected chi connectivity index (χ0v) is 24.0. The van der Waals surface area contributed by atoms with Gasteiger partial charge in [-0.2, -0.15) is 5.26 Å². The average molecular weight is 564 g/mol. The number of aromatic nitrogens is 1. The number of nitrogens with zero attached hydrogens (tertiary/aromatic N) is 5. The number of hydrogen-bond acceptors (Lipinski definition) is 8. The lowest BCUT2D eigenvalue weighted by atomic mass is 10.0. The van der Waals surface area contributed by atoms with Crippen molar-refractivity contribution in [2.24, 2.45) is 0 Å². The summed E-state index contributed by atoms with van der Waals surface area (Å²) in [6.45, 7) is 9.34. The molecule has 204 valence electrons. The number of piperazine rings is 1. The fourth-order valence-corrected chi connectivity index (χ4v) is 6.77. The van der Waals surface area contributed by atoms with Crippen molar-refractivity contribution < 1.29 is 9.53 Å². The van der Waals surface area contributed by atoms with Crippen LogP contribution in [0.4, 0.5) is 5.82 Å². The number of thioether (sulfide) groups is 1. The molecule has 3 aliphatic heterocycles. The molecule has 0 saturated carbocycles. The van der Waals surface area contributed by atoms with Crippen molar-refractivity contribution in [2.75, 3.05) is 44.2 Å². The molecule has 0 N–H and O–H groups in total. The van der Waals surface area contributed by atoms with Gasteiger partial charge in [-0.05, 0) is 43.9 Å². The van der Waals surface area contributed by atoms with Gasteiger partial charge in [0.1, 0.15) is 21.8 Å². The summed E-state index contributed by atoms with van der Waals surface area (Å²) in [4.78, 5) is 33.5. The largest absolute Gasteiger partial charge is 0.376 e. The Labute approximate surface area is 238 Å². The predicted octanol–water partition coefficient (Wildman–Crippen LogP) is 3.75. The molecule has 3 saturated heterocycles. The minimum atomic E-state index is -0.290. The number of nitriles is 1. The second-order valence-electron chi connectivity index (χ2n) is 10.1. The van der Waals surface area contributed by atoms with Gasteiger partial charge in [0.15, 0.2) is 0 Å². The second-order valence-corrected chi connectivity index (χ2v) is 11.8. The molecule has 1 aromatic carbocycles. The third kappa shape index (κ3) is 5.68. The summed E-state index contributed by atoms with van der Waals surface area (Å²) < 4.78 is 7.93. The number of pyridine rings is 1. The Morgan fingerprint density at radius 3 is 2.56 bits per heavy atom. The first-order valence-electron chi connectivity index (χ1n) is 13.5. The van der Waals surface area contributed by atoms with Gasteiger partial charge in [0.05, 0.1) is 17.6 Å². The first kappa shape index (κ1) is 27.6. The van der Waals surface area contributed by atoms with Crippen LogP contribution in [0.3, 0.4) is 0 Å². The second kappa shape index (κ2) is 12.0. The molecule has 3 fully saturated rings. The van der Waals surface area contributed by atoms with Crippen LogP contribution in [0.1, 0.15) is 42.0 Å². The third-order valence-corrected chi connectivity index (χ3v) is 9.02. The quantitative estimate of drug-likeness (QED) is 0.372. The summed E-state index contributed by atoms with van der Waals surface area (Å²) in [5.74, 6) is 0.619. The van der Waals surface area contributed by atoms with Gasteiger partial charge in [0.2, 0.25) is 0 Å². The molecular formula is C29H33N5O3S2. The first-order valence-corrected chi connectivity index (χ1v) is 14.7. The SMILES string of the molecule is CCn1c(N2CCN(Cc3ccccc3)CC2)c(/C=C2/SC(=S)N(CC3CCCO3)C2=O)c(C)c(C#N)c1=O. The molecule has 1 unspecified atom stereocenters. The molecule has 0 aliphatic carbocycles. The van der Waals surface area contributed by atoms with Gasteiger partial charge in [-0.25, -0.2) is 0 Å². The highest BCUT2D eigenvalue weighted by molar-refractivity contribution is 8.26. The van der Waals surface area contributed by atoms with Gasteiger partial charge in [0.25, 0.3) is 11.5 Å². The maximum atomic E-state index is 13.4. The van der Waals surface area contributed by atoms with E-state index >= 15 is 0 Å². The van der Waals surface area contributed by atoms with E-state index in [0.717, 1.165) is 56.9 Å². The van der Waals surface area contributed by atoms with Gasteiger partial charge >= 0.3 is 0 Å². The zero-order chi connectivity index (χ0) is 27.5. The number of anilines is 1. The van der Waals surface area contributed by atoms with Crippen LogP contribution in [0.15, 0.2) is 40.0 Å². The van der Waals surface area contributed by atoms with E-state index in [9.17, 15) is 14.9 Å². The summed E-state index contributed by atoms with van der Waals surface area (Å²) in [5, 5.41) is 9.86. The van der Waals surface area contributed by atoms with E-state index in [0.29, 0.717) is 34.5 Å². The Kier molecular flexibility index (Phi) is 8.52. The van der Waals surface area contributed by atoms with Crippen LogP contribution in [0.2, 0.25) is 0 Å². The molecule has 2 aromatic rings. The lowest BCUT2D eigenvalue weighted by Crippen LogP contribution is -2.48. The minimum Gasteiger partial charge on any atom is -0.376 e. The van der Waals surface area contributed by atoms with Crippen LogP contribution in [-0.2, 0) is 22.6 Å². The van der Waals surface area contributed by atoms with Crippen molar-refractivity contribution in [1.29, 1.82) is 5.26 Å². The molecule has 10 heteroatoms. The number of ether oxygens (including phenoxy) is 1. The molecule has 0 bridgehead atoms. The zero-order valence-electron chi connectivity index (χ0n) is 22.4. The van der Waals surface area contributed by atoms with Crippen LogP contribution in [0.25, 0.3) is 6.08 Å². The number of carbonyl (C=O) groups excluding carboxylic acids is 1. The fraction of sp³-hybridized carbons (Fsp3) is 0.448. The van der Waals surface area contributed by atoms with Gasteiger partial charge < -0.3 is 9.64 Å². The Hall–Kier alpha value is -2.97. The molecular weight excluding hydrogens is 530 g/mol. The maximum Gasteiger partial charge on any atom is 0.270 e. The standard InChI is InChI=1S/C29H33N5O3S2/c1-3-33-26(32-13-11-31(12-14-32)18-21-8-5-4-6-9-21)23(20(2)24(17-30)27(33)35)16-25-28(36)34(29(38)39-25)19-22-10-7-15-37-22/h4-6,8-9,16,22H,3,7,10-15,18-19H2,1-2H3/b25-16+. The molecule has 0 radical (unpaired) electrons. The Bertz CT molecular complexity index is 1380. The van der Waals surface area contributed by atoms with Crippen LogP contribution in [-0.4, -0.2) is 70.0 Å². The average Bonchev–Trinajstić information content (AvgIpc) is 3.55. The molecule has 3 aliphatic rings. The topological polar surface area (TPSA) is 81.8 Å². The van der Waals surface area contributed by atoms with Crippen molar-refractivity contribution in [1.82, 2.24) is 14.4 Å². The number of amides is 1. The molecule has 1 atom stereocenters. The van der Waals surface area contributed by atoms with Crippen molar-refractivity contribution in [3.63, 3.8) is 0 Å². The molecule has 1 amide bonds. The molecule has 39 heavy (non-hydrogen) atoms. The van der Waals surface area contributed by atoms with E-state index < -0.39 is 0 Å². The van der Waals surface area contributed by atoms with E-state index in [1.807, 2.05) is 19.1 Å². The molecule has 5 rings (SSSR count). The highest BCUT2D eigenvalue weighted by atomic mass is 32.2. The fourth-order valence-electron chi connectivity index (χ4n) is 5.52. The Balaban J connectivity index is 1.47. The number of rotatable bonds is 7. The van der Waals surface area contributed by atoms with Gasteiger partial charge in [0, 0.05) is 51.4 Å². The summed E-state index contributed by atoms with van der Waals surface area (Å²) >= 11 is 6.84. The molecule has 8 nitrogen and oxygen atoms in total. The van der Waals surface area contributed by atoms with Gasteiger partial charge in [-0.15, -0.1) is 0 Å². The Morgan fingerprint density at radius 2 is 1.92 bits per heavy atom. The summed E-state index contributed by atoms with van der Waals surface area (Å²) in [7, 11) is 0. The number of benzene rings is 1. The lowest BCUT2D eigenvalue weighted by molar-refractivity contribution is -0.123. The van der Waals surface area contributed by atoms with E-state index in [2.05, 4.69) is 40.1 Å². The van der Waals surface area contributed by atoms with E-state index in [1.165, 1.54) is 17.3 Å². The highest BCUT2D eigenvalue weighted by Crippen LogP contribution is 2.36. The first-order chi connectivity index (χ1) is 18.9. The summed E-state index contributed by atoms with van der Waals surface area (Å²) in [6.07, 6.45) is 3.75. The van der Waals surface area contributed by atoms with Crippen LogP contribution in [0.5, 0.6) is 0 Å². The molecule has 0 spiro atoms. The van der Waals surface area contributed by atoms with E-state index in [-0.39, 0.29) is 23.1 Å². The van der Waals surface area contributed by atoms with E-state index in [1.54, 1.807) is 16.4 Å². The smallest absolute Gasteiger partial charge is 0.270 e. The molecule has 1 aromatic heterocycles. The third-order valence-electron chi connectivity index (χ3n) is 7.64. The molecule has 4 heterocycles. The number of hydrogen-bond donors (Lipinski definition) is 0. The summed E-state index contributed by atoms with van der Waals surface area (Å²) in [6, 6.07) is 12.5. The van der Waals surface area contributed by atoms with Gasteiger partial charge in [-0.3, -0.25) is 24.0 Å². The van der Waals surface area contributed by atoms with Crippen LogP contribution in [0, 0.1) is 18.3 Å². The summed E-state index contributed by atoms with van der Waals surface area (Å²) in [5.41, 5.74) is 2.43. The number of thiocarbonyl (C=S) groups is 1. The normalized spacial score (nSPS) is 21.3. The van der Waals surface area contributed by atoms with E-state index in [4.69, 9.17) is 17.0 Å². The maximum absolute atomic E-state index is 13.4. The van der Waals surface area contributed by atoms with Gasteiger partial charge in [-0.1, -0.05) is 54.3 Å². The minimum absolute atomic E-state index is 0.00326. The highest BCUT2D eigenvalue weighted by Gasteiger charge is 2.35. The van der Waals surface area contributed by atoms with Crippen LogP contribution < -0.4 is 10.5 Å². The van der Waals surface area contributed by atoms with Crippen molar-refractivity contribution in [2.45, 2.75) is 45.9 Å². The number of carbonyl (C=O) groups is 1. The van der Waals surface area contributed by atoms with Crippen molar-refractivity contribution in [3.05, 3.63) is 67.8 Å². The van der Waals surface area contributed by atoms with Crippen molar-refractivity contribution in [3.8, 4) is 6.07 Å².